The van der Waals surface area contributed by atoms with Gasteiger partial charge in [-0.25, -0.2) is 9.50 Å². The van der Waals surface area contributed by atoms with Crippen molar-refractivity contribution >= 4 is 32.9 Å². The number of aromatic nitrogens is 3. The molecule has 6 rings (SSSR count). The molecule has 36 heavy (non-hydrogen) atoms. The third kappa shape index (κ3) is 4.97. The van der Waals surface area contributed by atoms with E-state index in [1.54, 1.807) is 11.3 Å². The summed E-state index contributed by atoms with van der Waals surface area (Å²) in [7, 11) is 0. The first-order chi connectivity index (χ1) is 17.6. The molecule has 0 amide bonds. The first kappa shape index (κ1) is 23.8. The Bertz CT molecular complexity index is 1280. The van der Waals surface area contributed by atoms with Crippen molar-refractivity contribution in [1.29, 1.82) is 0 Å². The van der Waals surface area contributed by atoms with E-state index in [-0.39, 0.29) is 0 Å². The number of piperazine rings is 2. The fourth-order valence-electron chi connectivity index (χ4n) is 5.13. The average molecular weight is 508 g/mol. The number of hydrogen-bond donors (Lipinski definition) is 3. The van der Waals surface area contributed by atoms with E-state index in [1.165, 1.54) is 10.1 Å². The van der Waals surface area contributed by atoms with Gasteiger partial charge in [0.2, 0.25) is 0 Å². The van der Waals surface area contributed by atoms with Crippen LogP contribution >= 0.6 is 11.3 Å². The Morgan fingerprint density at radius 2 is 1.61 bits per heavy atom. The normalized spacial score (nSPS) is 19.8. The molecular weight excluding hydrogens is 474 g/mol. The van der Waals surface area contributed by atoms with E-state index in [2.05, 4.69) is 55.3 Å². The molecule has 4 aromatic rings. The summed E-state index contributed by atoms with van der Waals surface area (Å²) >= 11 is 1.76. The van der Waals surface area contributed by atoms with Crippen molar-refractivity contribution < 1.29 is 10.2 Å². The quantitative estimate of drug-likeness (QED) is 0.345. The maximum absolute atomic E-state index is 10.6. The number of nitrogens with one attached hydrogen (secondary N) is 1. The molecule has 190 valence electrons. The second kappa shape index (κ2) is 10.4. The minimum atomic E-state index is -0.740. The maximum Gasteiger partial charge on any atom is 0.154 e. The van der Waals surface area contributed by atoms with Crippen LogP contribution < -0.4 is 10.2 Å². The Morgan fingerprint density at radius 1 is 0.889 bits per heavy atom. The summed E-state index contributed by atoms with van der Waals surface area (Å²) in [5.74, 6) is 0.932. The van der Waals surface area contributed by atoms with Gasteiger partial charge in [-0.15, -0.1) is 16.4 Å². The fraction of sp³-hybridized carbons (Fsp3) is 0.462. The van der Waals surface area contributed by atoms with Gasteiger partial charge in [-0.1, -0.05) is 18.2 Å². The van der Waals surface area contributed by atoms with Gasteiger partial charge in [0.25, 0.3) is 0 Å². The molecule has 2 fully saturated rings. The summed E-state index contributed by atoms with van der Waals surface area (Å²) in [6, 6.07) is 14.7. The molecule has 1 aromatic carbocycles. The molecule has 2 aliphatic rings. The smallest absolute Gasteiger partial charge is 0.154 e. The molecule has 2 aliphatic heterocycles. The SMILES string of the molecule is OC(CN1CCNCC1)C(O)CN1CCN(c2ccc3ncc(-c4cc5ccccc5s4)n3n2)CC1. The van der Waals surface area contributed by atoms with Gasteiger partial charge < -0.3 is 20.4 Å². The molecule has 0 spiro atoms. The Balaban J connectivity index is 1.09. The van der Waals surface area contributed by atoms with Crippen LogP contribution in [-0.2, 0) is 0 Å². The van der Waals surface area contributed by atoms with Gasteiger partial charge in [0, 0.05) is 70.1 Å². The Morgan fingerprint density at radius 3 is 2.36 bits per heavy atom. The Kier molecular flexibility index (Phi) is 6.87. The van der Waals surface area contributed by atoms with E-state index < -0.39 is 12.2 Å². The summed E-state index contributed by atoms with van der Waals surface area (Å²) in [6.45, 7) is 8.03. The van der Waals surface area contributed by atoms with Crippen molar-refractivity contribution in [1.82, 2.24) is 29.7 Å². The summed E-state index contributed by atoms with van der Waals surface area (Å²) in [5.41, 5.74) is 1.85. The highest BCUT2D eigenvalue weighted by molar-refractivity contribution is 7.22. The fourth-order valence-corrected chi connectivity index (χ4v) is 6.19. The highest BCUT2D eigenvalue weighted by Gasteiger charge is 2.26. The molecule has 2 atom stereocenters. The van der Waals surface area contributed by atoms with Gasteiger partial charge in [-0.3, -0.25) is 9.80 Å². The van der Waals surface area contributed by atoms with Crippen LogP contribution in [0.1, 0.15) is 0 Å². The van der Waals surface area contributed by atoms with E-state index in [0.717, 1.165) is 74.4 Å². The van der Waals surface area contributed by atoms with Crippen molar-refractivity contribution in [2.75, 3.05) is 70.3 Å². The highest BCUT2D eigenvalue weighted by Crippen LogP contribution is 2.33. The summed E-state index contributed by atoms with van der Waals surface area (Å²) in [4.78, 5) is 12.5. The molecule has 5 heterocycles. The third-order valence-electron chi connectivity index (χ3n) is 7.27. The summed E-state index contributed by atoms with van der Waals surface area (Å²) in [5, 5.41) is 30.6. The minimum Gasteiger partial charge on any atom is -0.389 e. The molecule has 10 heteroatoms. The van der Waals surface area contributed by atoms with E-state index in [9.17, 15) is 10.2 Å². The highest BCUT2D eigenvalue weighted by atomic mass is 32.1. The molecule has 0 radical (unpaired) electrons. The second-order valence-electron chi connectivity index (χ2n) is 9.73. The standard InChI is InChI=1S/C26H33N7O2S/c34-21(17-30-9-7-27-8-10-30)22(35)18-31-11-13-32(14-12-31)26-6-5-25-28-16-20(33(25)29-26)24-15-19-3-1-2-4-23(19)36-24/h1-6,15-16,21-22,27,34-35H,7-14,17-18H2. The summed E-state index contributed by atoms with van der Waals surface area (Å²) < 4.78 is 3.21. The maximum atomic E-state index is 10.6. The molecule has 2 unspecified atom stereocenters. The van der Waals surface area contributed by atoms with E-state index in [4.69, 9.17) is 5.10 Å². The summed E-state index contributed by atoms with van der Waals surface area (Å²) in [6.07, 6.45) is 0.441. The van der Waals surface area contributed by atoms with Crippen LogP contribution in [0.5, 0.6) is 0 Å². The molecule has 0 saturated carbocycles. The molecule has 2 saturated heterocycles. The molecule has 9 nitrogen and oxygen atoms in total. The first-order valence-corrected chi connectivity index (χ1v) is 13.6. The zero-order chi connectivity index (χ0) is 24.5. The number of aliphatic hydroxyl groups is 2. The van der Waals surface area contributed by atoms with Crippen LogP contribution in [-0.4, -0.2) is 112 Å². The number of rotatable bonds is 7. The van der Waals surface area contributed by atoms with E-state index in [1.807, 2.05) is 22.8 Å². The molecule has 3 aromatic heterocycles. The second-order valence-corrected chi connectivity index (χ2v) is 10.8. The zero-order valence-electron chi connectivity index (χ0n) is 20.3. The van der Waals surface area contributed by atoms with Crippen molar-refractivity contribution in [2.45, 2.75) is 12.2 Å². The third-order valence-corrected chi connectivity index (χ3v) is 8.41. The van der Waals surface area contributed by atoms with E-state index >= 15 is 0 Å². The lowest BCUT2D eigenvalue weighted by atomic mass is 10.1. The number of thiophene rings is 1. The topological polar surface area (TPSA) is 92.4 Å². The monoisotopic (exact) mass is 507 g/mol. The lowest BCUT2D eigenvalue weighted by molar-refractivity contribution is -0.0215. The number of fused-ring (bicyclic) bond motifs is 2. The number of nitrogens with zero attached hydrogens (tertiary/aromatic N) is 6. The molecule has 3 N–H and O–H groups in total. The molecule has 0 aliphatic carbocycles. The van der Waals surface area contributed by atoms with Crippen LogP contribution in [0.25, 0.3) is 26.3 Å². The largest absolute Gasteiger partial charge is 0.389 e. The molecule has 0 bridgehead atoms. The zero-order valence-corrected chi connectivity index (χ0v) is 21.1. The van der Waals surface area contributed by atoms with Crippen LogP contribution in [0.3, 0.4) is 0 Å². The predicted molar refractivity (Wildman–Crippen MR) is 144 cm³/mol. The lowest BCUT2D eigenvalue weighted by Gasteiger charge is -2.37. The Labute approximate surface area is 214 Å². The van der Waals surface area contributed by atoms with Crippen molar-refractivity contribution in [2.24, 2.45) is 0 Å². The van der Waals surface area contributed by atoms with Crippen LogP contribution in [0.4, 0.5) is 5.82 Å². The molecular formula is C26H33N7O2S. The van der Waals surface area contributed by atoms with Gasteiger partial charge >= 0.3 is 0 Å². The Hall–Kier alpha value is -2.60. The van der Waals surface area contributed by atoms with Crippen molar-refractivity contribution in [3.8, 4) is 10.6 Å². The number of hydrogen-bond acceptors (Lipinski definition) is 9. The number of β-amino-alcohol motifs (C(OH)–C–C–N with tert-alkyl or cyclic N) is 2. The number of benzene rings is 1. The number of anilines is 1. The first-order valence-electron chi connectivity index (χ1n) is 12.7. The van der Waals surface area contributed by atoms with Gasteiger partial charge in [-0.05, 0) is 29.7 Å². The van der Waals surface area contributed by atoms with Crippen LogP contribution in [0.2, 0.25) is 0 Å². The number of aliphatic hydroxyl groups excluding tert-OH is 2. The van der Waals surface area contributed by atoms with Crippen molar-refractivity contribution in [3.05, 3.63) is 48.7 Å². The van der Waals surface area contributed by atoms with Crippen LogP contribution in [0, 0.1) is 0 Å². The minimum absolute atomic E-state index is 0.491. The number of imidazole rings is 1. The van der Waals surface area contributed by atoms with Gasteiger partial charge in [0.15, 0.2) is 5.65 Å². The predicted octanol–water partition coefficient (Wildman–Crippen LogP) is 1.36. The van der Waals surface area contributed by atoms with Gasteiger partial charge in [0.05, 0.1) is 23.3 Å². The lowest BCUT2D eigenvalue weighted by Crippen LogP contribution is -2.53. The van der Waals surface area contributed by atoms with E-state index in [0.29, 0.717) is 13.1 Å². The average Bonchev–Trinajstić information content (AvgIpc) is 3.53. The van der Waals surface area contributed by atoms with Gasteiger partial charge in [-0.2, -0.15) is 0 Å². The van der Waals surface area contributed by atoms with Gasteiger partial charge in [0.1, 0.15) is 11.5 Å². The van der Waals surface area contributed by atoms with Crippen molar-refractivity contribution in [3.63, 3.8) is 0 Å². The van der Waals surface area contributed by atoms with Crippen LogP contribution in [0.15, 0.2) is 48.7 Å².